The number of nitrogens with zero attached hydrogens (tertiary/aromatic N) is 2. The van der Waals surface area contributed by atoms with E-state index in [0.717, 1.165) is 15.7 Å². The molecular weight excluding hydrogens is 292 g/mol. The van der Waals surface area contributed by atoms with E-state index in [0.29, 0.717) is 12.0 Å². The molecule has 1 heterocycles. The van der Waals surface area contributed by atoms with E-state index in [1.165, 1.54) is 0 Å². The van der Waals surface area contributed by atoms with Crippen LogP contribution in [0, 0.1) is 11.3 Å². The molecule has 0 aliphatic rings. The number of aliphatic hydroxyl groups is 1. The van der Waals surface area contributed by atoms with Gasteiger partial charge in [-0.05, 0) is 45.8 Å². The summed E-state index contributed by atoms with van der Waals surface area (Å²) in [4.78, 5) is 4.22. The van der Waals surface area contributed by atoms with Crippen LogP contribution in [0.4, 0.5) is 0 Å². The molecule has 0 spiro atoms. The lowest BCUT2D eigenvalue weighted by atomic mass is 10.0. The Labute approximate surface area is 114 Å². The predicted octanol–water partition coefficient (Wildman–Crippen LogP) is 2.99. The minimum absolute atomic E-state index is 0.458. The van der Waals surface area contributed by atoms with Crippen molar-refractivity contribution in [1.29, 1.82) is 5.26 Å². The van der Waals surface area contributed by atoms with E-state index in [2.05, 4.69) is 20.9 Å². The van der Waals surface area contributed by atoms with Gasteiger partial charge in [0, 0.05) is 22.8 Å². The van der Waals surface area contributed by atoms with E-state index >= 15 is 0 Å². The van der Waals surface area contributed by atoms with E-state index in [1.54, 1.807) is 30.5 Å². The smallest absolute Gasteiger partial charge is 0.0991 e. The number of aliphatic hydroxyl groups excluding tert-OH is 1. The van der Waals surface area contributed by atoms with Crippen LogP contribution in [0.25, 0.3) is 0 Å². The van der Waals surface area contributed by atoms with Gasteiger partial charge in [0.25, 0.3) is 0 Å². The standard InChI is InChI=1S/C14H11BrN2O/c15-12-5-6-13(17-9-12)7-14(18)11-3-1-10(8-16)2-4-11/h1-6,9,14,18H,7H2. The first-order chi connectivity index (χ1) is 8.69. The highest BCUT2D eigenvalue weighted by atomic mass is 79.9. The van der Waals surface area contributed by atoms with Gasteiger partial charge in [0.05, 0.1) is 17.7 Å². The van der Waals surface area contributed by atoms with Gasteiger partial charge in [-0.3, -0.25) is 4.98 Å². The van der Waals surface area contributed by atoms with Crippen LogP contribution < -0.4 is 0 Å². The summed E-state index contributed by atoms with van der Waals surface area (Å²) in [6, 6.07) is 12.8. The first kappa shape index (κ1) is 12.7. The van der Waals surface area contributed by atoms with Crippen LogP contribution in [0.2, 0.25) is 0 Å². The summed E-state index contributed by atoms with van der Waals surface area (Å²) in [5, 5.41) is 18.8. The molecule has 0 saturated heterocycles. The molecule has 0 fully saturated rings. The number of pyridine rings is 1. The molecule has 0 bridgehead atoms. The molecule has 3 nitrogen and oxygen atoms in total. The Morgan fingerprint density at radius 3 is 2.50 bits per heavy atom. The average molecular weight is 303 g/mol. The molecule has 4 heteroatoms. The number of aromatic nitrogens is 1. The van der Waals surface area contributed by atoms with Crippen LogP contribution in [0.5, 0.6) is 0 Å². The second-order valence-electron chi connectivity index (χ2n) is 3.92. The van der Waals surface area contributed by atoms with Crippen molar-refractivity contribution in [3.63, 3.8) is 0 Å². The first-order valence-electron chi connectivity index (χ1n) is 5.47. The zero-order valence-electron chi connectivity index (χ0n) is 9.55. The van der Waals surface area contributed by atoms with Crippen molar-refractivity contribution in [3.8, 4) is 6.07 Å². The molecule has 1 aromatic carbocycles. The molecule has 1 N–H and O–H groups in total. The van der Waals surface area contributed by atoms with Crippen LogP contribution in [0.3, 0.4) is 0 Å². The molecule has 0 radical (unpaired) electrons. The normalized spacial score (nSPS) is 11.8. The molecular formula is C14H11BrN2O. The van der Waals surface area contributed by atoms with E-state index < -0.39 is 6.10 Å². The maximum atomic E-state index is 10.1. The lowest BCUT2D eigenvalue weighted by Gasteiger charge is -2.10. The summed E-state index contributed by atoms with van der Waals surface area (Å²) in [7, 11) is 0. The van der Waals surface area contributed by atoms with Gasteiger partial charge in [-0.25, -0.2) is 0 Å². The van der Waals surface area contributed by atoms with Crippen LogP contribution in [0.1, 0.15) is 22.9 Å². The van der Waals surface area contributed by atoms with Gasteiger partial charge in [0.15, 0.2) is 0 Å². The highest BCUT2D eigenvalue weighted by Crippen LogP contribution is 2.18. The molecule has 0 saturated carbocycles. The third-order valence-electron chi connectivity index (χ3n) is 2.62. The topological polar surface area (TPSA) is 56.9 Å². The van der Waals surface area contributed by atoms with Gasteiger partial charge >= 0.3 is 0 Å². The van der Waals surface area contributed by atoms with Crippen molar-refractivity contribution in [3.05, 3.63) is 63.9 Å². The van der Waals surface area contributed by atoms with Crippen LogP contribution in [0.15, 0.2) is 47.1 Å². The quantitative estimate of drug-likeness (QED) is 0.948. The second-order valence-corrected chi connectivity index (χ2v) is 4.84. The fraction of sp³-hybridized carbons (Fsp3) is 0.143. The molecule has 2 rings (SSSR count). The van der Waals surface area contributed by atoms with Gasteiger partial charge in [0.1, 0.15) is 0 Å². The number of nitriles is 1. The lowest BCUT2D eigenvalue weighted by molar-refractivity contribution is 0.177. The Morgan fingerprint density at radius 1 is 1.22 bits per heavy atom. The van der Waals surface area contributed by atoms with Gasteiger partial charge in [-0.15, -0.1) is 0 Å². The largest absolute Gasteiger partial charge is 0.388 e. The summed E-state index contributed by atoms with van der Waals surface area (Å²) in [5.74, 6) is 0. The van der Waals surface area contributed by atoms with Crippen LogP contribution >= 0.6 is 15.9 Å². The molecule has 18 heavy (non-hydrogen) atoms. The van der Waals surface area contributed by atoms with Crippen molar-refractivity contribution >= 4 is 15.9 Å². The van der Waals surface area contributed by atoms with Crippen molar-refractivity contribution in [2.75, 3.05) is 0 Å². The maximum absolute atomic E-state index is 10.1. The maximum Gasteiger partial charge on any atom is 0.0991 e. The Hall–Kier alpha value is -1.70. The fourth-order valence-electron chi connectivity index (χ4n) is 1.62. The van der Waals surface area contributed by atoms with E-state index in [1.807, 2.05) is 18.2 Å². The number of halogens is 1. The Morgan fingerprint density at radius 2 is 1.94 bits per heavy atom. The minimum atomic E-state index is -0.605. The number of hydrogen-bond donors (Lipinski definition) is 1. The molecule has 0 aliphatic carbocycles. The molecule has 1 aromatic heterocycles. The SMILES string of the molecule is N#Cc1ccc(C(O)Cc2ccc(Br)cn2)cc1. The molecule has 90 valence electrons. The van der Waals surface area contributed by atoms with Crippen molar-refractivity contribution in [1.82, 2.24) is 4.98 Å². The summed E-state index contributed by atoms with van der Waals surface area (Å²) >= 11 is 3.32. The van der Waals surface area contributed by atoms with Crippen molar-refractivity contribution in [2.45, 2.75) is 12.5 Å². The molecule has 2 aromatic rings. The van der Waals surface area contributed by atoms with Crippen molar-refractivity contribution < 1.29 is 5.11 Å². The van der Waals surface area contributed by atoms with Crippen molar-refractivity contribution in [2.24, 2.45) is 0 Å². The highest BCUT2D eigenvalue weighted by molar-refractivity contribution is 9.10. The predicted molar refractivity (Wildman–Crippen MR) is 71.8 cm³/mol. The average Bonchev–Trinajstić information content (AvgIpc) is 2.41. The third kappa shape index (κ3) is 3.16. The third-order valence-corrected chi connectivity index (χ3v) is 3.08. The Balaban J connectivity index is 2.09. The van der Waals surface area contributed by atoms with Gasteiger partial charge < -0.3 is 5.11 Å². The summed E-state index contributed by atoms with van der Waals surface area (Å²) in [5.41, 5.74) is 2.21. The molecule has 0 amide bonds. The second kappa shape index (κ2) is 5.76. The van der Waals surface area contributed by atoms with Gasteiger partial charge in [-0.2, -0.15) is 5.26 Å². The van der Waals surface area contributed by atoms with E-state index in [9.17, 15) is 5.11 Å². The summed E-state index contributed by atoms with van der Waals surface area (Å²) in [6.45, 7) is 0. The van der Waals surface area contributed by atoms with Crippen LogP contribution in [-0.4, -0.2) is 10.1 Å². The fourth-order valence-corrected chi connectivity index (χ4v) is 1.86. The Kier molecular flexibility index (Phi) is 4.08. The molecule has 0 aliphatic heterocycles. The first-order valence-corrected chi connectivity index (χ1v) is 6.27. The summed E-state index contributed by atoms with van der Waals surface area (Å²) < 4.78 is 0.916. The van der Waals surface area contributed by atoms with Crippen LogP contribution in [-0.2, 0) is 6.42 Å². The number of benzene rings is 1. The Bertz CT molecular complexity index is 558. The minimum Gasteiger partial charge on any atom is -0.388 e. The lowest BCUT2D eigenvalue weighted by Crippen LogP contribution is -2.03. The zero-order chi connectivity index (χ0) is 13.0. The number of rotatable bonds is 3. The zero-order valence-corrected chi connectivity index (χ0v) is 11.1. The monoisotopic (exact) mass is 302 g/mol. The van der Waals surface area contributed by atoms with E-state index in [4.69, 9.17) is 5.26 Å². The molecule has 1 atom stereocenters. The van der Waals surface area contributed by atoms with Gasteiger partial charge in [0.2, 0.25) is 0 Å². The summed E-state index contributed by atoms with van der Waals surface area (Å²) in [6.07, 6.45) is 1.56. The number of hydrogen-bond acceptors (Lipinski definition) is 3. The highest BCUT2D eigenvalue weighted by Gasteiger charge is 2.09. The van der Waals surface area contributed by atoms with E-state index in [-0.39, 0.29) is 0 Å². The molecule has 1 unspecified atom stereocenters. The van der Waals surface area contributed by atoms with Gasteiger partial charge in [-0.1, -0.05) is 12.1 Å².